The Kier molecular flexibility index (Phi) is 4.62. The van der Waals surface area contributed by atoms with E-state index >= 15 is 0 Å². The molecule has 6 nitrogen and oxygen atoms in total. The smallest absolute Gasteiger partial charge is 0.328 e. The molecule has 2 fully saturated rings. The molecule has 1 unspecified atom stereocenters. The average molecular weight is 282 g/mol. The zero-order valence-electron chi connectivity index (χ0n) is 12.1. The predicted octanol–water partition coefficient (Wildman–Crippen LogP) is 0.409. The molecule has 6 heteroatoms. The van der Waals surface area contributed by atoms with E-state index in [2.05, 4.69) is 0 Å². The van der Waals surface area contributed by atoms with Crippen molar-refractivity contribution in [2.24, 2.45) is 5.92 Å². The van der Waals surface area contributed by atoms with Crippen molar-refractivity contribution in [1.29, 1.82) is 0 Å². The van der Waals surface area contributed by atoms with Crippen LogP contribution in [0.15, 0.2) is 0 Å². The maximum absolute atomic E-state index is 12.6. The molecular formula is C14H22N2O4. The van der Waals surface area contributed by atoms with Gasteiger partial charge in [-0.15, -0.1) is 0 Å². The molecule has 0 bridgehead atoms. The largest absolute Gasteiger partial charge is 0.467 e. The van der Waals surface area contributed by atoms with Crippen molar-refractivity contribution >= 4 is 17.8 Å². The number of piperidine rings is 1. The second-order valence-electron chi connectivity index (χ2n) is 5.40. The molecule has 0 N–H and O–H groups in total. The van der Waals surface area contributed by atoms with E-state index < -0.39 is 6.04 Å². The van der Waals surface area contributed by atoms with E-state index in [9.17, 15) is 14.4 Å². The molecule has 0 spiro atoms. The molecule has 112 valence electrons. The zero-order chi connectivity index (χ0) is 14.7. The number of esters is 1. The third kappa shape index (κ3) is 2.78. The number of rotatable bonds is 3. The lowest BCUT2D eigenvalue weighted by atomic mass is 9.98. The summed E-state index contributed by atoms with van der Waals surface area (Å²) in [5.74, 6) is -0.718. The van der Waals surface area contributed by atoms with E-state index in [4.69, 9.17) is 4.74 Å². The summed E-state index contributed by atoms with van der Waals surface area (Å²) in [7, 11) is 1.34. The minimum Gasteiger partial charge on any atom is -0.467 e. The molecule has 0 radical (unpaired) electrons. The Balaban J connectivity index is 2.07. The molecule has 20 heavy (non-hydrogen) atoms. The lowest BCUT2D eigenvalue weighted by Gasteiger charge is -2.35. The van der Waals surface area contributed by atoms with Gasteiger partial charge >= 0.3 is 5.97 Å². The number of carbonyl (C=O) groups excluding carboxylic acids is 3. The van der Waals surface area contributed by atoms with Gasteiger partial charge < -0.3 is 14.5 Å². The third-order valence-corrected chi connectivity index (χ3v) is 4.20. The normalized spacial score (nSPS) is 26.8. The number of ether oxygens (including phenoxy) is 1. The van der Waals surface area contributed by atoms with Crippen LogP contribution in [0.5, 0.6) is 0 Å². The van der Waals surface area contributed by atoms with E-state index in [1.54, 1.807) is 9.80 Å². The first kappa shape index (κ1) is 14.8. The molecule has 2 amide bonds. The van der Waals surface area contributed by atoms with Crippen LogP contribution in [0.2, 0.25) is 0 Å². The van der Waals surface area contributed by atoms with Gasteiger partial charge in [0.1, 0.15) is 6.04 Å². The Morgan fingerprint density at radius 1 is 1.35 bits per heavy atom. The van der Waals surface area contributed by atoms with Crippen molar-refractivity contribution in [2.75, 3.05) is 26.7 Å². The van der Waals surface area contributed by atoms with Crippen LogP contribution in [0, 0.1) is 5.92 Å². The Morgan fingerprint density at radius 3 is 2.70 bits per heavy atom. The first-order valence-electron chi connectivity index (χ1n) is 7.24. The molecule has 2 atom stereocenters. The minimum absolute atomic E-state index is 0.0254. The quantitative estimate of drug-likeness (QED) is 0.703. The highest BCUT2D eigenvalue weighted by atomic mass is 16.5. The van der Waals surface area contributed by atoms with Crippen LogP contribution in [-0.4, -0.2) is 60.4 Å². The molecule has 2 rings (SSSR count). The van der Waals surface area contributed by atoms with Crippen LogP contribution in [0.1, 0.15) is 32.6 Å². The second-order valence-corrected chi connectivity index (χ2v) is 5.40. The molecule has 0 aromatic heterocycles. The summed E-state index contributed by atoms with van der Waals surface area (Å²) in [5.41, 5.74) is 0. The summed E-state index contributed by atoms with van der Waals surface area (Å²) in [6.45, 7) is 3.58. The highest BCUT2D eigenvalue weighted by Gasteiger charge is 2.40. The van der Waals surface area contributed by atoms with Gasteiger partial charge in [0.25, 0.3) is 0 Å². The summed E-state index contributed by atoms with van der Waals surface area (Å²) in [6.07, 6.45) is 2.74. The van der Waals surface area contributed by atoms with Crippen LogP contribution in [-0.2, 0) is 19.1 Å². The van der Waals surface area contributed by atoms with Gasteiger partial charge in [0.2, 0.25) is 11.8 Å². The van der Waals surface area contributed by atoms with Gasteiger partial charge in [-0.3, -0.25) is 9.59 Å². The molecule has 2 heterocycles. The highest BCUT2D eigenvalue weighted by Crippen LogP contribution is 2.25. The van der Waals surface area contributed by atoms with Gasteiger partial charge in [-0.05, 0) is 26.2 Å². The first-order chi connectivity index (χ1) is 9.58. The number of amides is 2. The molecule has 2 saturated heterocycles. The molecule has 2 aliphatic rings. The summed E-state index contributed by atoms with van der Waals surface area (Å²) < 4.78 is 4.79. The number of likely N-dealkylation sites (tertiary alicyclic amines) is 2. The van der Waals surface area contributed by atoms with Crippen molar-refractivity contribution in [3.05, 3.63) is 0 Å². The fourth-order valence-electron chi connectivity index (χ4n) is 3.05. The number of nitrogens with zero attached hydrogens (tertiary/aromatic N) is 2. The van der Waals surface area contributed by atoms with Crippen LogP contribution in [0.25, 0.3) is 0 Å². The Labute approximate surface area is 119 Å². The monoisotopic (exact) mass is 282 g/mol. The van der Waals surface area contributed by atoms with Crippen molar-refractivity contribution in [3.8, 4) is 0 Å². The SMILES string of the molecule is CCN1CC(C(=O)N2CCCC[C@@H]2C(=O)OC)CC1=O. The molecule has 0 aromatic rings. The van der Waals surface area contributed by atoms with Crippen LogP contribution < -0.4 is 0 Å². The predicted molar refractivity (Wildman–Crippen MR) is 71.7 cm³/mol. The Morgan fingerprint density at radius 2 is 2.10 bits per heavy atom. The van der Waals surface area contributed by atoms with E-state index in [1.807, 2.05) is 6.92 Å². The van der Waals surface area contributed by atoms with Crippen LogP contribution in [0.3, 0.4) is 0 Å². The highest BCUT2D eigenvalue weighted by molar-refractivity contribution is 5.91. The summed E-state index contributed by atoms with van der Waals surface area (Å²) >= 11 is 0. The summed E-state index contributed by atoms with van der Waals surface area (Å²) in [4.78, 5) is 39.4. The lowest BCUT2D eigenvalue weighted by Crippen LogP contribution is -2.50. The van der Waals surface area contributed by atoms with Gasteiger partial charge in [-0.2, -0.15) is 0 Å². The molecule has 0 aliphatic carbocycles. The number of hydrogen-bond donors (Lipinski definition) is 0. The lowest BCUT2D eigenvalue weighted by molar-refractivity contribution is -0.156. The summed E-state index contributed by atoms with van der Waals surface area (Å²) in [6, 6.07) is -0.480. The maximum atomic E-state index is 12.6. The standard InChI is InChI=1S/C14H22N2O4/c1-3-15-9-10(8-12(15)17)13(18)16-7-5-4-6-11(16)14(19)20-2/h10-11H,3-9H2,1-2H3/t10?,11-/m1/s1. The Hall–Kier alpha value is -1.59. The van der Waals surface area contributed by atoms with E-state index in [0.717, 1.165) is 12.8 Å². The Bertz CT molecular complexity index is 410. The minimum atomic E-state index is -0.480. The van der Waals surface area contributed by atoms with Gasteiger partial charge in [0, 0.05) is 26.1 Å². The fourth-order valence-corrected chi connectivity index (χ4v) is 3.05. The van der Waals surface area contributed by atoms with E-state index in [1.165, 1.54) is 7.11 Å². The van der Waals surface area contributed by atoms with Gasteiger partial charge in [-0.1, -0.05) is 0 Å². The summed E-state index contributed by atoms with van der Waals surface area (Å²) in [5, 5.41) is 0. The molecule has 0 aromatic carbocycles. The van der Waals surface area contributed by atoms with E-state index in [-0.39, 0.29) is 30.1 Å². The zero-order valence-corrected chi connectivity index (χ0v) is 12.1. The van der Waals surface area contributed by atoms with E-state index in [0.29, 0.717) is 26.1 Å². The van der Waals surface area contributed by atoms with Crippen LogP contribution >= 0.6 is 0 Å². The number of methoxy groups -OCH3 is 1. The van der Waals surface area contributed by atoms with Gasteiger partial charge in [0.15, 0.2) is 0 Å². The fraction of sp³-hybridized carbons (Fsp3) is 0.786. The van der Waals surface area contributed by atoms with Gasteiger partial charge in [0.05, 0.1) is 13.0 Å². The van der Waals surface area contributed by atoms with Crippen molar-refractivity contribution in [3.63, 3.8) is 0 Å². The topological polar surface area (TPSA) is 66.9 Å². The van der Waals surface area contributed by atoms with Crippen molar-refractivity contribution in [1.82, 2.24) is 9.80 Å². The molecular weight excluding hydrogens is 260 g/mol. The van der Waals surface area contributed by atoms with Crippen molar-refractivity contribution < 1.29 is 19.1 Å². The number of carbonyl (C=O) groups is 3. The van der Waals surface area contributed by atoms with Gasteiger partial charge in [-0.25, -0.2) is 4.79 Å². The molecule has 2 aliphatic heterocycles. The maximum Gasteiger partial charge on any atom is 0.328 e. The molecule has 0 saturated carbocycles. The third-order valence-electron chi connectivity index (χ3n) is 4.20. The second kappa shape index (κ2) is 6.24. The number of hydrogen-bond acceptors (Lipinski definition) is 4. The van der Waals surface area contributed by atoms with Crippen molar-refractivity contribution in [2.45, 2.75) is 38.6 Å². The van der Waals surface area contributed by atoms with Crippen LogP contribution in [0.4, 0.5) is 0 Å². The first-order valence-corrected chi connectivity index (χ1v) is 7.24. The average Bonchev–Trinajstić information content (AvgIpc) is 2.86.